The second-order valence-corrected chi connectivity index (χ2v) is 8.99. The molecule has 0 amide bonds. The number of nitrogens with zero attached hydrogens (tertiary/aromatic N) is 4. The summed E-state index contributed by atoms with van der Waals surface area (Å²) in [6.07, 6.45) is 3.47. The van der Waals surface area contributed by atoms with Gasteiger partial charge in [0.05, 0.1) is 30.6 Å². The molecule has 2 N–H and O–H groups in total. The molecule has 29 heavy (non-hydrogen) atoms. The highest BCUT2D eigenvalue weighted by Crippen LogP contribution is 2.43. The Labute approximate surface area is 171 Å². The molecule has 0 aliphatic carbocycles. The predicted octanol–water partition coefficient (Wildman–Crippen LogP) is 3.50. The first-order valence-electron chi connectivity index (χ1n) is 10.1. The van der Waals surface area contributed by atoms with Crippen molar-refractivity contribution in [3.05, 3.63) is 36.2 Å². The van der Waals surface area contributed by atoms with Gasteiger partial charge in [-0.25, -0.2) is 4.98 Å². The van der Waals surface area contributed by atoms with E-state index in [-0.39, 0.29) is 11.5 Å². The zero-order valence-corrected chi connectivity index (χ0v) is 17.7. The number of aromatic nitrogens is 4. The van der Waals surface area contributed by atoms with Gasteiger partial charge in [0.1, 0.15) is 17.0 Å². The van der Waals surface area contributed by atoms with Crippen molar-refractivity contribution in [1.82, 2.24) is 20.2 Å². The summed E-state index contributed by atoms with van der Waals surface area (Å²) in [7, 11) is 0. The molecule has 1 saturated heterocycles. The molecule has 0 saturated carbocycles. The lowest BCUT2D eigenvalue weighted by Gasteiger charge is -2.40. The normalized spacial score (nSPS) is 20.1. The van der Waals surface area contributed by atoms with Gasteiger partial charge in [0.2, 0.25) is 0 Å². The van der Waals surface area contributed by atoms with Gasteiger partial charge in [0.15, 0.2) is 0 Å². The van der Waals surface area contributed by atoms with Crippen molar-refractivity contribution >= 4 is 16.7 Å². The molecule has 4 heterocycles. The monoisotopic (exact) mass is 395 g/mol. The lowest BCUT2D eigenvalue weighted by molar-refractivity contribution is -0.0457. The number of ether oxygens (including phenoxy) is 1. The Morgan fingerprint density at radius 2 is 2.00 bits per heavy atom. The SMILES string of the molecule is C[C@@H]1COCCN1c1cc(C(C)(O)C(C)(C)C)c2ccnc(-c3ccn[nH]3)c2n1. The third-order valence-electron chi connectivity index (χ3n) is 6.12. The molecule has 1 unspecified atom stereocenters. The number of fused-ring (bicyclic) bond motifs is 1. The van der Waals surface area contributed by atoms with E-state index in [0.29, 0.717) is 13.2 Å². The largest absolute Gasteiger partial charge is 0.385 e. The molecule has 7 nitrogen and oxygen atoms in total. The fraction of sp³-hybridized carbons (Fsp3) is 0.500. The number of aromatic amines is 1. The van der Waals surface area contributed by atoms with Gasteiger partial charge in [0, 0.05) is 24.3 Å². The van der Waals surface area contributed by atoms with E-state index in [1.54, 1.807) is 12.4 Å². The van der Waals surface area contributed by atoms with E-state index in [4.69, 9.17) is 9.72 Å². The first kappa shape index (κ1) is 19.8. The summed E-state index contributed by atoms with van der Waals surface area (Å²) in [4.78, 5) is 11.8. The zero-order chi connectivity index (χ0) is 20.8. The smallest absolute Gasteiger partial charge is 0.130 e. The van der Waals surface area contributed by atoms with Crippen molar-refractivity contribution < 1.29 is 9.84 Å². The van der Waals surface area contributed by atoms with Crippen LogP contribution in [-0.4, -0.2) is 51.1 Å². The number of morpholine rings is 1. The van der Waals surface area contributed by atoms with Crippen LogP contribution in [0.1, 0.15) is 40.2 Å². The second-order valence-electron chi connectivity index (χ2n) is 8.99. The molecule has 2 atom stereocenters. The number of aliphatic hydroxyl groups is 1. The molecule has 3 aromatic heterocycles. The van der Waals surface area contributed by atoms with E-state index < -0.39 is 5.60 Å². The van der Waals surface area contributed by atoms with Crippen molar-refractivity contribution in [2.24, 2.45) is 5.41 Å². The highest BCUT2D eigenvalue weighted by Gasteiger charge is 2.39. The maximum absolute atomic E-state index is 11.6. The van der Waals surface area contributed by atoms with E-state index in [9.17, 15) is 5.11 Å². The van der Waals surface area contributed by atoms with Crippen molar-refractivity contribution in [1.29, 1.82) is 0 Å². The Balaban J connectivity index is 2.01. The van der Waals surface area contributed by atoms with Crippen molar-refractivity contribution in [2.75, 3.05) is 24.7 Å². The first-order chi connectivity index (χ1) is 13.7. The van der Waals surface area contributed by atoms with E-state index in [1.807, 2.05) is 45.9 Å². The maximum Gasteiger partial charge on any atom is 0.130 e. The van der Waals surface area contributed by atoms with Crippen LogP contribution in [0.5, 0.6) is 0 Å². The molecule has 0 spiro atoms. The molecule has 154 valence electrons. The molecule has 3 aromatic rings. The molecular weight excluding hydrogens is 366 g/mol. The minimum Gasteiger partial charge on any atom is -0.385 e. The minimum atomic E-state index is -1.06. The average molecular weight is 396 g/mol. The van der Waals surface area contributed by atoms with Gasteiger partial charge in [-0.05, 0) is 43.0 Å². The number of H-pyrrole nitrogens is 1. The third kappa shape index (κ3) is 3.38. The van der Waals surface area contributed by atoms with Crippen molar-refractivity contribution in [3.63, 3.8) is 0 Å². The van der Waals surface area contributed by atoms with E-state index in [0.717, 1.165) is 40.2 Å². The molecule has 0 radical (unpaired) electrons. The molecule has 1 aliphatic heterocycles. The summed E-state index contributed by atoms with van der Waals surface area (Å²) in [6, 6.07) is 6.05. The van der Waals surface area contributed by atoms with Crippen LogP contribution in [0.3, 0.4) is 0 Å². The summed E-state index contributed by atoms with van der Waals surface area (Å²) in [5.41, 5.74) is 1.71. The van der Waals surface area contributed by atoms with Crippen LogP contribution >= 0.6 is 0 Å². The quantitative estimate of drug-likeness (QED) is 0.706. The fourth-order valence-electron chi connectivity index (χ4n) is 3.74. The molecule has 1 aliphatic rings. The predicted molar refractivity (Wildman–Crippen MR) is 114 cm³/mol. The lowest BCUT2D eigenvalue weighted by atomic mass is 9.72. The number of hydrogen-bond donors (Lipinski definition) is 2. The van der Waals surface area contributed by atoms with E-state index in [2.05, 4.69) is 27.0 Å². The van der Waals surface area contributed by atoms with Gasteiger partial charge in [-0.1, -0.05) is 20.8 Å². The number of pyridine rings is 2. The minimum absolute atomic E-state index is 0.202. The maximum atomic E-state index is 11.6. The Bertz CT molecular complexity index is 1010. The summed E-state index contributed by atoms with van der Waals surface area (Å²) < 4.78 is 5.61. The van der Waals surface area contributed by atoms with Gasteiger partial charge in [-0.2, -0.15) is 5.10 Å². The van der Waals surface area contributed by atoms with Gasteiger partial charge < -0.3 is 14.7 Å². The molecule has 1 fully saturated rings. The van der Waals surface area contributed by atoms with Gasteiger partial charge in [0.25, 0.3) is 0 Å². The van der Waals surface area contributed by atoms with Crippen LogP contribution in [-0.2, 0) is 10.3 Å². The summed E-state index contributed by atoms with van der Waals surface area (Å²) >= 11 is 0. The number of rotatable bonds is 3. The van der Waals surface area contributed by atoms with Crippen LogP contribution in [0.4, 0.5) is 5.82 Å². The highest BCUT2D eigenvalue weighted by molar-refractivity contribution is 5.94. The molecule has 4 rings (SSSR count). The van der Waals surface area contributed by atoms with Crippen LogP contribution in [0.15, 0.2) is 30.6 Å². The van der Waals surface area contributed by atoms with Crippen LogP contribution in [0.2, 0.25) is 0 Å². The topological polar surface area (TPSA) is 87.2 Å². The number of nitrogens with one attached hydrogen (secondary N) is 1. The summed E-state index contributed by atoms with van der Waals surface area (Å²) in [6.45, 7) is 12.2. The van der Waals surface area contributed by atoms with Crippen molar-refractivity contribution in [2.45, 2.75) is 46.3 Å². The third-order valence-corrected chi connectivity index (χ3v) is 6.12. The Morgan fingerprint density at radius 1 is 1.21 bits per heavy atom. The molecule has 0 aromatic carbocycles. The van der Waals surface area contributed by atoms with Gasteiger partial charge in [-0.3, -0.25) is 10.1 Å². The second kappa shape index (κ2) is 7.07. The standard InChI is InChI=1S/C22H29N5O2/c1-14-13-29-11-10-27(14)18-12-16(22(5,28)21(2,3)4)15-6-8-23-20(19(15)25-18)17-7-9-24-26-17/h6-9,12,14,28H,10-11,13H2,1-5H3,(H,24,26)/t14-,22?/m1/s1. The van der Waals surface area contributed by atoms with Crippen molar-refractivity contribution in [3.8, 4) is 11.4 Å². The number of hydrogen-bond acceptors (Lipinski definition) is 6. The molecule has 0 bridgehead atoms. The Hall–Kier alpha value is -2.51. The highest BCUT2D eigenvalue weighted by atomic mass is 16.5. The lowest BCUT2D eigenvalue weighted by Crippen LogP contribution is -2.44. The number of anilines is 1. The summed E-state index contributed by atoms with van der Waals surface area (Å²) in [5.74, 6) is 0.835. The Kier molecular flexibility index (Phi) is 4.83. The average Bonchev–Trinajstić information content (AvgIpc) is 3.20. The molecular formula is C22H29N5O2. The van der Waals surface area contributed by atoms with Gasteiger partial charge in [-0.15, -0.1) is 0 Å². The van der Waals surface area contributed by atoms with E-state index in [1.165, 1.54) is 0 Å². The van der Waals surface area contributed by atoms with Crippen LogP contribution in [0, 0.1) is 5.41 Å². The molecule has 7 heteroatoms. The fourth-order valence-corrected chi connectivity index (χ4v) is 3.74. The van der Waals surface area contributed by atoms with E-state index >= 15 is 0 Å². The Morgan fingerprint density at radius 3 is 2.66 bits per heavy atom. The zero-order valence-electron chi connectivity index (χ0n) is 17.7. The first-order valence-corrected chi connectivity index (χ1v) is 10.1. The van der Waals surface area contributed by atoms with Crippen LogP contribution in [0.25, 0.3) is 22.3 Å². The van der Waals surface area contributed by atoms with Gasteiger partial charge >= 0.3 is 0 Å². The van der Waals surface area contributed by atoms with Crippen LogP contribution < -0.4 is 4.90 Å². The summed E-state index contributed by atoms with van der Waals surface area (Å²) in [5, 5.41) is 19.6.